The lowest BCUT2D eigenvalue weighted by Gasteiger charge is -2.19. The minimum absolute atomic E-state index is 0.0726. The number of benzene rings is 2. The maximum atomic E-state index is 12.3. The number of ketones is 1. The van der Waals surface area contributed by atoms with Crippen LogP contribution in [0.2, 0.25) is 0 Å². The van der Waals surface area contributed by atoms with E-state index >= 15 is 0 Å². The number of anilines is 1. The molecule has 1 N–H and O–H groups in total. The van der Waals surface area contributed by atoms with Crippen molar-refractivity contribution >= 4 is 17.4 Å². The van der Waals surface area contributed by atoms with Gasteiger partial charge in [-0.25, -0.2) is 0 Å². The number of carbonyl (C=O) groups is 2. The highest BCUT2D eigenvalue weighted by atomic mass is 16.6. The zero-order chi connectivity index (χ0) is 19.0. The van der Waals surface area contributed by atoms with Crippen molar-refractivity contribution in [1.82, 2.24) is 0 Å². The average molecular weight is 367 g/mol. The van der Waals surface area contributed by atoms with E-state index in [1.54, 1.807) is 24.3 Å². The van der Waals surface area contributed by atoms with Crippen molar-refractivity contribution in [1.29, 1.82) is 0 Å². The van der Waals surface area contributed by atoms with Crippen LogP contribution in [0.15, 0.2) is 30.3 Å². The Morgan fingerprint density at radius 1 is 1.19 bits per heavy atom. The standard InChI is InChI=1S/C21H21NO5/c1-12-3-5-17(21-15(23)9-13(2)20(12)21)27-11-19(24)22-14-4-6-16-18(10-14)26-8-7-25-16/h3-6,10,13H,7-9,11H2,1-2H3,(H,22,24). The Morgan fingerprint density at radius 2 is 1.96 bits per heavy atom. The molecule has 0 fully saturated rings. The highest BCUT2D eigenvalue weighted by molar-refractivity contribution is 6.04. The van der Waals surface area contributed by atoms with E-state index in [-0.39, 0.29) is 24.2 Å². The Kier molecular flexibility index (Phi) is 4.48. The fraction of sp³-hybridized carbons (Fsp3) is 0.333. The molecule has 2 aromatic carbocycles. The molecule has 2 aromatic rings. The number of nitrogens with one attached hydrogen (secondary N) is 1. The van der Waals surface area contributed by atoms with E-state index in [1.165, 1.54) is 0 Å². The molecule has 0 radical (unpaired) electrons. The van der Waals surface area contributed by atoms with Crippen LogP contribution in [0.1, 0.15) is 40.7 Å². The fourth-order valence-electron chi connectivity index (χ4n) is 3.69. The maximum Gasteiger partial charge on any atom is 0.262 e. The van der Waals surface area contributed by atoms with Crippen molar-refractivity contribution in [3.63, 3.8) is 0 Å². The summed E-state index contributed by atoms with van der Waals surface area (Å²) in [6.07, 6.45) is 0.486. The topological polar surface area (TPSA) is 73.9 Å². The molecular formula is C21H21NO5. The lowest BCUT2D eigenvalue weighted by atomic mass is 9.97. The van der Waals surface area contributed by atoms with Gasteiger partial charge in [-0.3, -0.25) is 9.59 Å². The Bertz CT molecular complexity index is 921. The van der Waals surface area contributed by atoms with Gasteiger partial charge in [0.25, 0.3) is 5.91 Å². The highest BCUT2D eigenvalue weighted by Gasteiger charge is 2.31. The number of aryl methyl sites for hydroxylation is 1. The van der Waals surface area contributed by atoms with Crippen molar-refractivity contribution in [2.75, 3.05) is 25.1 Å². The fourth-order valence-corrected chi connectivity index (χ4v) is 3.69. The molecule has 1 amide bonds. The number of amides is 1. The summed E-state index contributed by atoms with van der Waals surface area (Å²) in [6, 6.07) is 8.93. The van der Waals surface area contributed by atoms with Crippen LogP contribution in [0, 0.1) is 6.92 Å². The van der Waals surface area contributed by atoms with Gasteiger partial charge in [0.1, 0.15) is 19.0 Å². The van der Waals surface area contributed by atoms with Crippen LogP contribution in [-0.2, 0) is 4.79 Å². The van der Waals surface area contributed by atoms with Gasteiger partial charge in [0.15, 0.2) is 23.9 Å². The highest BCUT2D eigenvalue weighted by Crippen LogP contribution is 2.40. The monoisotopic (exact) mass is 367 g/mol. The Labute approximate surface area is 157 Å². The number of hydrogen-bond acceptors (Lipinski definition) is 5. The summed E-state index contributed by atoms with van der Waals surface area (Å²) in [5.74, 6) is 1.70. The molecule has 6 heteroatoms. The minimum Gasteiger partial charge on any atom is -0.486 e. The summed E-state index contributed by atoms with van der Waals surface area (Å²) in [6.45, 7) is 4.86. The molecule has 0 spiro atoms. The van der Waals surface area contributed by atoms with E-state index in [0.717, 1.165) is 11.1 Å². The van der Waals surface area contributed by atoms with Gasteiger partial charge in [0.2, 0.25) is 0 Å². The number of ether oxygens (including phenoxy) is 3. The normalized spacial score (nSPS) is 17.4. The van der Waals surface area contributed by atoms with E-state index < -0.39 is 0 Å². The van der Waals surface area contributed by atoms with Gasteiger partial charge in [-0.2, -0.15) is 0 Å². The van der Waals surface area contributed by atoms with Gasteiger partial charge in [-0.1, -0.05) is 13.0 Å². The third-order valence-electron chi connectivity index (χ3n) is 4.87. The van der Waals surface area contributed by atoms with Crippen LogP contribution in [0.5, 0.6) is 17.2 Å². The summed E-state index contributed by atoms with van der Waals surface area (Å²) in [4.78, 5) is 24.6. The molecule has 1 heterocycles. The second-order valence-corrected chi connectivity index (χ2v) is 6.89. The summed E-state index contributed by atoms with van der Waals surface area (Å²) in [5.41, 5.74) is 3.34. The number of Topliss-reactive ketones (excluding diaryl/α,β-unsaturated/α-hetero) is 1. The molecule has 140 valence electrons. The van der Waals surface area contributed by atoms with E-state index in [0.29, 0.717) is 48.1 Å². The first-order chi connectivity index (χ1) is 13.0. The van der Waals surface area contributed by atoms with Crippen LogP contribution in [0.3, 0.4) is 0 Å². The van der Waals surface area contributed by atoms with Crippen molar-refractivity contribution in [3.05, 3.63) is 47.0 Å². The molecule has 0 bridgehead atoms. The average Bonchev–Trinajstić information content (AvgIpc) is 2.96. The molecule has 1 aliphatic carbocycles. The first-order valence-corrected chi connectivity index (χ1v) is 9.02. The summed E-state index contributed by atoms with van der Waals surface area (Å²) < 4.78 is 16.7. The second kappa shape index (κ2) is 6.95. The van der Waals surface area contributed by atoms with Crippen molar-refractivity contribution < 1.29 is 23.8 Å². The molecule has 27 heavy (non-hydrogen) atoms. The van der Waals surface area contributed by atoms with Gasteiger partial charge in [0.05, 0.1) is 5.56 Å². The quantitative estimate of drug-likeness (QED) is 0.896. The largest absolute Gasteiger partial charge is 0.486 e. The van der Waals surface area contributed by atoms with Crippen LogP contribution >= 0.6 is 0 Å². The third-order valence-corrected chi connectivity index (χ3v) is 4.87. The van der Waals surface area contributed by atoms with Crippen molar-refractivity contribution in [2.24, 2.45) is 0 Å². The lowest BCUT2D eigenvalue weighted by molar-refractivity contribution is -0.118. The summed E-state index contributed by atoms with van der Waals surface area (Å²) in [5, 5.41) is 2.78. The van der Waals surface area contributed by atoms with Crippen LogP contribution in [0.4, 0.5) is 5.69 Å². The third kappa shape index (κ3) is 3.35. The van der Waals surface area contributed by atoms with Crippen LogP contribution in [0.25, 0.3) is 0 Å². The minimum atomic E-state index is -0.306. The lowest BCUT2D eigenvalue weighted by Crippen LogP contribution is -2.21. The van der Waals surface area contributed by atoms with E-state index in [1.807, 2.05) is 19.9 Å². The number of hydrogen-bond donors (Lipinski definition) is 1. The van der Waals surface area contributed by atoms with Crippen LogP contribution in [-0.4, -0.2) is 31.5 Å². The predicted molar refractivity (Wildman–Crippen MR) is 100 cm³/mol. The zero-order valence-corrected chi connectivity index (χ0v) is 15.3. The Morgan fingerprint density at radius 3 is 2.78 bits per heavy atom. The molecule has 6 nitrogen and oxygen atoms in total. The van der Waals surface area contributed by atoms with E-state index in [2.05, 4.69) is 5.32 Å². The number of fused-ring (bicyclic) bond motifs is 2. The van der Waals surface area contributed by atoms with Crippen LogP contribution < -0.4 is 19.5 Å². The van der Waals surface area contributed by atoms with Crippen molar-refractivity contribution in [2.45, 2.75) is 26.2 Å². The smallest absolute Gasteiger partial charge is 0.262 e. The van der Waals surface area contributed by atoms with Gasteiger partial charge >= 0.3 is 0 Å². The maximum absolute atomic E-state index is 12.3. The molecule has 1 unspecified atom stereocenters. The van der Waals surface area contributed by atoms with E-state index in [4.69, 9.17) is 14.2 Å². The SMILES string of the molecule is Cc1ccc(OCC(=O)Nc2ccc3c(c2)OCCO3)c2c1C(C)CC2=O. The molecular weight excluding hydrogens is 346 g/mol. The van der Waals surface area contributed by atoms with E-state index in [9.17, 15) is 9.59 Å². The van der Waals surface area contributed by atoms with Crippen molar-refractivity contribution in [3.8, 4) is 17.2 Å². The van der Waals surface area contributed by atoms with Gasteiger partial charge < -0.3 is 19.5 Å². The number of carbonyl (C=O) groups excluding carboxylic acids is 2. The molecule has 2 aliphatic rings. The predicted octanol–water partition coefficient (Wildman–Crippen LogP) is 3.47. The summed E-state index contributed by atoms with van der Waals surface area (Å²) >= 11 is 0. The molecule has 0 saturated carbocycles. The Balaban J connectivity index is 1.44. The Hall–Kier alpha value is -3.02. The first kappa shape index (κ1) is 17.4. The molecule has 4 rings (SSSR count). The molecule has 0 aromatic heterocycles. The van der Waals surface area contributed by atoms with Gasteiger partial charge in [-0.15, -0.1) is 0 Å². The molecule has 1 aliphatic heterocycles. The number of rotatable bonds is 4. The second-order valence-electron chi connectivity index (χ2n) is 6.89. The first-order valence-electron chi connectivity index (χ1n) is 9.02. The summed E-state index contributed by atoms with van der Waals surface area (Å²) in [7, 11) is 0. The molecule has 1 atom stereocenters. The zero-order valence-electron chi connectivity index (χ0n) is 15.3. The van der Waals surface area contributed by atoms with Gasteiger partial charge in [0, 0.05) is 18.2 Å². The molecule has 0 saturated heterocycles. The van der Waals surface area contributed by atoms with Gasteiger partial charge in [-0.05, 0) is 42.2 Å².